The number of halogens is 4. The summed E-state index contributed by atoms with van der Waals surface area (Å²) in [5.74, 6) is -1.32. The van der Waals surface area contributed by atoms with Crippen molar-refractivity contribution in [3.8, 4) is 5.88 Å². The van der Waals surface area contributed by atoms with Crippen molar-refractivity contribution in [2.75, 3.05) is 25.0 Å². The molecule has 0 aliphatic carbocycles. The maximum absolute atomic E-state index is 12.9. The molecule has 2 aromatic rings. The van der Waals surface area contributed by atoms with Crippen LogP contribution in [0.25, 0.3) is 0 Å². The van der Waals surface area contributed by atoms with E-state index in [4.69, 9.17) is 11.6 Å². The monoisotopic (exact) mass is 502 g/mol. The molecule has 1 saturated heterocycles. The molecule has 3 heterocycles. The number of alkyl halides is 3. The van der Waals surface area contributed by atoms with Crippen LogP contribution in [0.1, 0.15) is 37.2 Å². The predicted molar refractivity (Wildman–Crippen MR) is 119 cm³/mol. The summed E-state index contributed by atoms with van der Waals surface area (Å²) in [5, 5.41) is 9.67. The van der Waals surface area contributed by atoms with Gasteiger partial charge in [0.1, 0.15) is 18.1 Å². The Balaban J connectivity index is 1.70. The van der Waals surface area contributed by atoms with E-state index in [9.17, 15) is 22.8 Å². The van der Waals surface area contributed by atoms with Crippen molar-refractivity contribution in [1.82, 2.24) is 25.0 Å². The molecule has 9 nitrogen and oxygen atoms in total. The highest BCUT2D eigenvalue weighted by atomic mass is 35.5. The number of likely N-dealkylation sites (tertiary alicyclic amines) is 1. The summed E-state index contributed by atoms with van der Waals surface area (Å²) >= 11 is 5.77. The molecule has 2 N–H and O–H groups in total. The minimum Gasteiger partial charge on any atom is -0.467 e. The zero-order chi connectivity index (χ0) is 24.9. The van der Waals surface area contributed by atoms with Crippen LogP contribution in [0.3, 0.4) is 0 Å². The Morgan fingerprint density at radius 1 is 1.26 bits per heavy atom. The number of ether oxygens (including phenoxy) is 1. The van der Waals surface area contributed by atoms with Gasteiger partial charge in [-0.1, -0.05) is 11.6 Å². The van der Waals surface area contributed by atoms with Crippen LogP contribution in [-0.4, -0.2) is 69.4 Å². The number of carbonyl (C=O) groups is 2. The first-order valence-electron chi connectivity index (χ1n) is 10.7. The molecule has 0 aromatic carbocycles. The fourth-order valence-electron chi connectivity index (χ4n) is 3.51. The Morgan fingerprint density at radius 3 is 2.56 bits per heavy atom. The van der Waals surface area contributed by atoms with Gasteiger partial charge in [-0.15, -0.1) is 5.10 Å². The average molecular weight is 503 g/mol. The molecule has 0 unspecified atom stereocenters. The Morgan fingerprint density at radius 2 is 1.97 bits per heavy atom. The van der Waals surface area contributed by atoms with E-state index < -0.39 is 37.0 Å². The van der Waals surface area contributed by atoms with E-state index in [2.05, 4.69) is 44.2 Å². The molecule has 0 bridgehead atoms. The van der Waals surface area contributed by atoms with Crippen LogP contribution in [0.2, 0.25) is 5.02 Å². The first-order chi connectivity index (χ1) is 16.0. The lowest BCUT2D eigenvalue weighted by molar-refractivity contribution is -0.154. The van der Waals surface area contributed by atoms with Gasteiger partial charge in [-0.3, -0.25) is 9.59 Å². The fourth-order valence-corrected chi connectivity index (χ4v) is 3.62. The van der Waals surface area contributed by atoms with Crippen molar-refractivity contribution >= 4 is 29.2 Å². The molecule has 3 rings (SSSR count). The fraction of sp³-hybridized carbons (Fsp3) is 0.524. The number of anilines is 1. The maximum Gasteiger partial charge on any atom is 0.422 e. The normalized spacial score (nSPS) is 15.4. The molecule has 0 spiro atoms. The third kappa shape index (κ3) is 7.59. The van der Waals surface area contributed by atoms with Crippen molar-refractivity contribution in [3.63, 3.8) is 0 Å². The third-order valence-electron chi connectivity index (χ3n) is 5.26. The van der Waals surface area contributed by atoms with Crippen LogP contribution < -0.4 is 15.4 Å². The zero-order valence-corrected chi connectivity index (χ0v) is 19.5. The minimum atomic E-state index is -4.58. The van der Waals surface area contributed by atoms with E-state index >= 15 is 0 Å². The summed E-state index contributed by atoms with van der Waals surface area (Å²) in [6, 6.07) is 4.42. The zero-order valence-electron chi connectivity index (χ0n) is 18.7. The lowest BCUT2D eigenvalue weighted by atomic mass is 10.0. The van der Waals surface area contributed by atoms with Crippen LogP contribution in [-0.2, 0) is 11.3 Å². The standard InChI is InChI=1S/C21H26ClF3N6O3/c1-13(2)30-7-5-15(6-8-30)27-20(33)16-9-19(34-12-21(23,24)25)29-31(16)11-18(32)28-17-4-3-14(22)10-26-17/h3-4,9-10,13,15H,5-8,11-12H2,1-2H3,(H,27,33)(H,26,28,32). The summed E-state index contributed by atoms with van der Waals surface area (Å²) in [4.78, 5) is 31.6. The largest absolute Gasteiger partial charge is 0.467 e. The predicted octanol–water partition coefficient (Wildman–Crippen LogP) is 3.11. The first-order valence-corrected chi connectivity index (χ1v) is 11.1. The number of aromatic nitrogens is 3. The Kier molecular flexibility index (Phi) is 8.37. The Labute approximate surface area is 199 Å². The van der Waals surface area contributed by atoms with Gasteiger partial charge in [-0.2, -0.15) is 13.2 Å². The molecule has 0 radical (unpaired) electrons. The lowest BCUT2D eigenvalue weighted by Crippen LogP contribution is -2.47. The quantitative estimate of drug-likeness (QED) is 0.575. The molecule has 1 aliphatic heterocycles. The number of rotatable bonds is 8. The summed E-state index contributed by atoms with van der Waals surface area (Å²) in [6.45, 7) is 3.83. The average Bonchev–Trinajstić information content (AvgIpc) is 3.16. The number of piperidine rings is 1. The molecule has 13 heteroatoms. The second-order valence-electron chi connectivity index (χ2n) is 8.22. The molecule has 0 saturated carbocycles. The van der Waals surface area contributed by atoms with Crippen LogP contribution in [0.4, 0.5) is 19.0 Å². The SMILES string of the molecule is CC(C)N1CCC(NC(=O)c2cc(OCC(F)(F)F)nn2CC(=O)Nc2ccc(Cl)cn2)CC1. The van der Waals surface area contributed by atoms with Crippen molar-refractivity contribution in [1.29, 1.82) is 0 Å². The van der Waals surface area contributed by atoms with Crippen molar-refractivity contribution in [2.45, 2.75) is 51.5 Å². The lowest BCUT2D eigenvalue weighted by Gasteiger charge is -2.34. The van der Waals surface area contributed by atoms with Gasteiger partial charge in [0.15, 0.2) is 6.61 Å². The smallest absolute Gasteiger partial charge is 0.422 e. The topological polar surface area (TPSA) is 101 Å². The number of hydrogen-bond donors (Lipinski definition) is 2. The van der Waals surface area contributed by atoms with Crippen LogP contribution >= 0.6 is 11.6 Å². The van der Waals surface area contributed by atoms with Crippen molar-refractivity contribution in [3.05, 3.63) is 35.1 Å². The number of carbonyl (C=O) groups excluding carboxylic acids is 2. The van der Waals surface area contributed by atoms with E-state index in [1.807, 2.05) is 0 Å². The second kappa shape index (κ2) is 11.0. The first kappa shape index (κ1) is 25.8. The minimum absolute atomic E-state index is 0.0809. The maximum atomic E-state index is 12.9. The van der Waals surface area contributed by atoms with Crippen LogP contribution in [0.5, 0.6) is 5.88 Å². The van der Waals surface area contributed by atoms with Gasteiger partial charge >= 0.3 is 6.18 Å². The molecular formula is C21H26ClF3N6O3. The summed E-state index contributed by atoms with van der Waals surface area (Å²) < 4.78 is 43.4. The van der Waals surface area contributed by atoms with E-state index in [1.54, 1.807) is 0 Å². The van der Waals surface area contributed by atoms with Crippen LogP contribution in [0, 0.1) is 0 Å². The van der Waals surface area contributed by atoms with Gasteiger partial charge in [0.2, 0.25) is 11.8 Å². The van der Waals surface area contributed by atoms with Gasteiger partial charge in [0.25, 0.3) is 5.91 Å². The molecule has 1 fully saturated rings. The molecule has 1 aliphatic rings. The number of nitrogens with zero attached hydrogens (tertiary/aromatic N) is 4. The van der Waals surface area contributed by atoms with E-state index in [0.29, 0.717) is 11.1 Å². The Hall–Kier alpha value is -2.86. The third-order valence-corrected chi connectivity index (χ3v) is 5.48. The number of nitrogens with one attached hydrogen (secondary N) is 2. The van der Waals surface area contributed by atoms with E-state index in [0.717, 1.165) is 36.7 Å². The molecule has 2 aromatic heterocycles. The molecule has 34 heavy (non-hydrogen) atoms. The highest BCUT2D eigenvalue weighted by molar-refractivity contribution is 6.30. The summed E-state index contributed by atoms with van der Waals surface area (Å²) in [5.41, 5.74) is -0.0809. The van der Waals surface area contributed by atoms with Gasteiger partial charge in [0.05, 0.1) is 5.02 Å². The summed E-state index contributed by atoms with van der Waals surface area (Å²) in [6.07, 6.45) is -1.76. The number of amides is 2. The second-order valence-corrected chi connectivity index (χ2v) is 8.65. The Bertz CT molecular complexity index is 989. The number of hydrogen-bond acceptors (Lipinski definition) is 6. The molecule has 0 atom stereocenters. The highest BCUT2D eigenvalue weighted by Crippen LogP contribution is 2.20. The highest BCUT2D eigenvalue weighted by Gasteiger charge is 2.30. The van der Waals surface area contributed by atoms with Crippen molar-refractivity contribution in [2.24, 2.45) is 0 Å². The van der Waals surface area contributed by atoms with Crippen molar-refractivity contribution < 1.29 is 27.5 Å². The molecule has 186 valence electrons. The number of pyridine rings is 1. The van der Waals surface area contributed by atoms with Gasteiger partial charge in [-0.05, 0) is 38.8 Å². The van der Waals surface area contributed by atoms with E-state index in [-0.39, 0.29) is 17.6 Å². The molecule has 2 amide bonds. The van der Waals surface area contributed by atoms with Gasteiger partial charge in [0, 0.05) is 37.4 Å². The molecular weight excluding hydrogens is 477 g/mol. The van der Waals surface area contributed by atoms with Gasteiger partial charge < -0.3 is 20.3 Å². The van der Waals surface area contributed by atoms with Gasteiger partial charge in [-0.25, -0.2) is 9.67 Å². The summed E-state index contributed by atoms with van der Waals surface area (Å²) in [7, 11) is 0. The van der Waals surface area contributed by atoms with Crippen LogP contribution in [0.15, 0.2) is 24.4 Å². The van der Waals surface area contributed by atoms with E-state index in [1.165, 1.54) is 18.3 Å².